The van der Waals surface area contributed by atoms with Gasteiger partial charge in [0.15, 0.2) is 28.9 Å². The van der Waals surface area contributed by atoms with Crippen LogP contribution >= 0.6 is 0 Å². The van der Waals surface area contributed by atoms with Gasteiger partial charge in [-0.2, -0.15) is 0 Å². The molecule has 330 valence electrons. The van der Waals surface area contributed by atoms with E-state index in [0.717, 1.165) is 11.1 Å². The molecule has 1 aliphatic rings. The second-order valence-electron chi connectivity index (χ2n) is 16.9. The van der Waals surface area contributed by atoms with Crippen LogP contribution in [-0.4, -0.2) is 94.3 Å². The fourth-order valence-electron chi connectivity index (χ4n) is 7.85. The quantitative estimate of drug-likeness (QED) is 0.0931. The van der Waals surface area contributed by atoms with Crippen LogP contribution in [0.1, 0.15) is 91.4 Å². The number of rotatable bonds is 12. The lowest BCUT2D eigenvalue weighted by molar-refractivity contribution is -0.146. The first-order chi connectivity index (χ1) is 29.3. The van der Waals surface area contributed by atoms with Crippen LogP contribution in [0.4, 0.5) is 0 Å². The summed E-state index contributed by atoms with van der Waals surface area (Å²) in [5.74, 6) is -4.93. The molecule has 5 rings (SSSR count). The number of phenols is 2. The molecule has 4 aromatic rings. The highest BCUT2D eigenvalue weighted by atomic mass is 16.5. The second kappa shape index (κ2) is 19.7. The molecule has 2 heterocycles. The number of nitrogens with two attached hydrogens (primary N) is 2. The third-order valence-corrected chi connectivity index (χ3v) is 11.2. The van der Waals surface area contributed by atoms with Crippen molar-refractivity contribution >= 4 is 29.4 Å². The lowest BCUT2D eigenvalue weighted by atomic mass is 9.86. The predicted molar refractivity (Wildman–Crippen MR) is 233 cm³/mol. The third kappa shape index (κ3) is 10.5. The van der Waals surface area contributed by atoms with Crippen LogP contribution in [0, 0.1) is 25.7 Å². The molecule has 0 saturated carbocycles. The van der Waals surface area contributed by atoms with E-state index < -0.39 is 47.5 Å². The van der Waals surface area contributed by atoms with Crippen LogP contribution in [0.2, 0.25) is 0 Å². The topological polar surface area (TPSA) is 237 Å². The molecule has 2 amide bonds. The van der Waals surface area contributed by atoms with Gasteiger partial charge in [-0.3, -0.25) is 19.2 Å². The number of ketones is 2. The summed E-state index contributed by atoms with van der Waals surface area (Å²) < 4.78 is 10.7. The summed E-state index contributed by atoms with van der Waals surface area (Å²) in [4.78, 5) is 80.4. The number of likely N-dealkylation sites (N-methyl/N-ethyl adjacent to an activating group) is 1. The molecule has 0 saturated heterocycles. The second-order valence-corrected chi connectivity index (χ2v) is 16.9. The molecule has 15 heteroatoms. The fraction of sp³-hybridized carbons (Fsp3) is 0.426. The molecule has 0 spiro atoms. The molecule has 15 nitrogen and oxygen atoms in total. The molecule has 3 aromatic carbocycles. The standard InChI is InChI=1S/C47H58N6O9/c1-25-19-38(56)41(30-11-14-36(54)33(23-30)34-20-28(22-39(42(34)57)62-18-17-49)21-35(46(60)61-8)52-44(25)58)53(7)45(59)31(15-16-48)24-37(55)40-26(2)50-43(51-27(40)3)29-9-12-32(13-10-29)47(4,5)6/h9-14,20,22-23,25,31,35,41,54,57H,15-19,21,24,48-49H2,1-8H3,(H,52,58)/t25-,31-,35+,41+/m1/s1. The molecule has 0 fully saturated rings. The normalized spacial score (nSPS) is 17.4. The van der Waals surface area contributed by atoms with E-state index in [2.05, 4.69) is 36.1 Å². The number of aryl methyl sites for hydroxylation is 2. The highest BCUT2D eigenvalue weighted by molar-refractivity contribution is 6.01. The molecule has 0 unspecified atom stereocenters. The van der Waals surface area contributed by atoms with Crippen LogP contribution < -0.4 is 21.5 Å². The molecule has 1 aliphatic heterocycles. The zero-order valence-corrected chi connectivity index (χ0v) is 36.7. The summed E-state index contributed by atoms with van der Waals surface area (Å²) >= 11 is 0. The Morgan fingerprint density at radius 1 is 0.935 bits per heavy atom. The maximum absolute atomic E-state index is 14.6. The van der Waals surface area contributed by atoms with E-state index in [-0.39, 0.29) is 96.1 Å². The monoisotopic (exact) mass is 850 g/mol. The van der Waals surface area contributed by atoms with Crippen molar-refractivity contribution in [3.8, 4) is 39.8 Å². The number of Topliss-reactive ketones (excluding diaryl/α,β-unsaturated/α-hetero) is 2. The number of aromatic hydroxyl groups is 2. The number of phenolic OH excluding ortho intramolecular Hbond substituents is 2. The predicted octanol–water partition coefficient (Wildman–Crippen LogP) is 5.02. The molecule has 4 atom stereocenters. The number of amides is 2. The summed E-state index contributed by atoms with van der Waals surface area (Å²) in [6.45, 7) is 11.6. The fourth-order valence-corrected chi connectivity index (χ4v) is 7.85. The van der Waals surface area contributed by atoms with E-state index in [9.17, 15) is 34.2 Å². The van der Waals surface area contributed by atoms with Gasteiger partial charge in [0.2, 0.25) is 11.8 Å². The van der Waals surface area contributed by atoms with E-state index in [1.54, 1.807) is 13.8 Å². The summed E-state index contributed by atoms with van der Waals surface area (Å²) in [5, 5.41) is 25.4. The molecular formula is C47H58N6O9. The van der Waals surface area contributed by atoms with Gasteiger partial charge in [-0.1, -0.05) is 58.0 Å². The molecule has 62 heavy (non-hydrogen) atoms. The van der Waals surface area contributed by atoms with E-state index in [4.69, 9.17) is 20.9 Å². The number of nitrogens with zero attached hydrogens (tertiary/aromatic N) is 3. The molecular weight excluding hydrogens is 793 g/mol. The minimum absolute atomic E-state index is 0.00218. The number of fused-ring (bicyclic) bond motifs is 5. The Labute approximate surface area is 362 Å². The highest BCUT2D eigenvalue weighted by Crippen LogP contribution is 2.44. The van der Waals surface area contributed by atoms with Gasteiger partial charge in [0, 0.05) is 61.4 Å². The van der Waals surface area contributed by atoms with Crippen LogP contribution in [0.15, 0.2) is 54.6 Å². The Morgan fingerprint density at radius 2 is 1.60 bits per heavy atom. The number of methoxy groups -OCH3 is 1. The Hall–Kier alpha value is -6.19. The van der Waals surface area contributed by atoms with Crippen molar-refractivity contribution < 1.29 is 43.7 Å². The van der Waals surface area contributed by atoms with Gasteiger partial charge in [-0.15, -0.1) is 0 Å². The molecule has 4 bridgehead atoms. The van der Waals surface area contributed by atoms with Crippen molar-refractivity contribution in [3.05, 3.63) is 88.2 Å². The third-order valence-electron chi connectivity index (χ3n) is 11.2. The number of nitrogens with one attached hydrogen (secondary N) is 1. The number of ether oxygens (including phenoxy) is 2. The number of hydrogen-bond donors (Lipinski definition) is 5. The first-order valence-electron chi connectivity index (χ1n) is 20.7. The number of hydrogen-bond acceptors (Lipinski definition) is 13. The van der Waals surface area contributed by atoms with Crippen LogP contribution in [0.3, 0.4) is 0 Å². The maximum Gasteiger partial charge on any atom is 0.328 e. The van der Waals surface area contributed by atoms with Gasteiger partial charge in [-0.25, -0.2) is 14.8 Å². The van der Waals surface area contributed by atoms with Crippen LogP contribution in [0.5, 0.6) is 17.2 Å². The maximum atomic E-state index is 14.6. The highest BCUT2D eigenvalue weighted by Gasteiger charge is 2.37. The average molecular weight is 851 g/mol. The Morgan fingerprint density at radius 3 is 2.19 bits per heavy atom. The van der Waals surface area contributed by atoms with E-state index in [1.165, 1.54) is 56.3 Å². The van der Waals surface area contributed by atoms with Crippen molar-refractivity contribution in [2.75, 3.05) is 33.9 Å². The first kappa shape index (κ1) is 46.9. The largest absolute Gasteiger partial charge is 0.507 e. The van der Waals surface area contributed by atoms with Gasteiger partial charge in [0.25, 0.3) is 0 Å². The zero-order chi connectivity index (χ0) is 45.6. The Balaban J connectivity index is 1.54. The van der Waals surface area contributed by atoms with Crippen molar-refractivity contribution in [2.24, 2.45) is 23.3 Å². The van der Waals surface area contributed by atoms with Gasteiger partial charge in [-0.05, 0) is 73.2 Å². The smallest absolute Gasteiger partial charge is 0.328 e. The van der Waals surface area contributed by atoms with Crippen molar-refractivity contribution in [2.45, 2.75) is 84.7 Å². The van der Waals surface area contributed by atoms with Crippen LogP contribution in [0.25, 0.3) is 22.5 Å². The molecule has 7 N–H and O–H groups in total. The summed E-state index contributed by atoms with van der Waals surface area (Å²) in [5.41, 5.74) is 15.7. The van der Waals surface area contributed by atoms with Crippen molar-refractivity contribution in [1.29, 1.82) is 0 Å². The summed E-state index contributed by atoms with van der Waals surface area (Å²) in [7, 11) is 2.61. The number of benzene rings is 3. The van der Waals surface area contributed by atoms with Gasteiger partial charge >= 0.3 is 5.97 Å². The minimum Gasteiger partial charge on any atom is -0.507 e. The first-order valence-corrected chi connectivity index (χ1v) is 20.7. The zero-order valence-electron chi connectivity index (χ0n) is 36.7. The number of carbonyl (C=O) groups is 5. The van der Waals surface area contributed by atoms with Gasteiger partial charge in [0.05, 0.1) is 24.1 Å². The number of esters is 1. The minimum atomic E-state index is -1.33. The number of aromatic nitrogens is 2. The van der Waals surface area contributed by atoms with E-state index in [0.29, 0.717) is 22.8 Å². The van der Waals surface area contributed by atoms with Gasteiger partial charge < -0.3 is 41.4 Å². The molecule has 0 radical (unpaired) electrons. The Bertz CT molecular complexity index is 2320. The average Bonchev–Trinajstić information content (AvgIpc) is 3.22. The SMILES string of the molecule is COC(=O)[C@@H]1Cc2cc(OCCN)c(O)c(c2)-c2cc(ccc2O)[C@H](N(C)C(=O)[C@H](CCN)CC(=O)c2c(C)nc(-c3ccc(C(C)(C)C)cc3)nc2C)C(=O)C[C@@H](C)C(=O)N1. The van der Waals surface area contributed by atoms with Crippen molar-refractivity contribution in [1.82, 2.24) is 20.2 Å². The summed E-state index contributed by atoms with van der Waals surface area (Å²) in [6.07, 6.45) is -0.596. The number of carbonyl (C=O) groups excluding carboxylic acids is 5. The Kier molecular flexibility index (Phi) is 14.9. The van der Waals surface area contributed by atoms with E-state index in [1.807, 2.05) is 24.3 Å². The van der Waals surface area contributed by atoms with Gasteiger partial charge in [0.1, 0.15) is 24.4 Å². The van der Waals surface area contributed by atoms with E-state index >= 15 is 0 Å². The van der Waals surface area contributed by atoms with Crippen molar-refractivity contribution in [3.63, 3.8) is 0 Å². The lowest BCUT2D eigenvalue weighted by Gasteiger charge is -2.32. The molecule has 0 aliphatic carbocycles. The summed E-state index contributed by atoms with van der Waals surface area (Å²) in [6, 6.07) is 12.8. The van der Waals surface area contributed by atoms with Crippen LogP contribution in [-0.2, 0) is 35.8 Å². The molecule has 1 aromatic heterocycles. The lowest BCUT2D eigenvalue weighted by Crippen LogP contribution is -2.46.